The van der Waals surface area contributed by atoms with Crippen LogP contribution in [0.2, 0.25) is 0 Å². The predicted octanol–water partition coefficient (Wildman–Crippen LogP) is 1.43. The minimum absolute atomic E-state index is 0. The van der Waals surface area contributed by atoms with Gasteiger partial charge in [0.1, 0.15) is 6.04 Å². The van der Waals surface area contributed by atoms with Crippen molar-refractivity contribution in [3.8, 4) is 0 Å². The van der Waals surface area contributed by atoms with E-state index in [0.717, 1.165) is 25.9 Å². The Bertz CT molecular complexity index is 236. The van der Waals surface area contributed by atoms with Crippen LogP contribution in [-0.2, 0) is 9.53 Å². The molecule has 0 radical (unpaired) electrons. The molecule has 18 heavy (non-hydrogen) atoms. The highest BCUT2D eigenvalue weighted by molar-refractivity contribution is 8.00. The number of thioether (sulfide) groups is 1. The average molecular weight is 297 g/mol. The maximum atomic E-state index is 11.9. The second kappa shape index (κ2) is 9.02. The zero-order valence-corrected chi connectivity index (χ0v) is 13.1. The van der Waals surface area contributed by atoms with E-state index in [1.54, 1.807) is 0 Å². The van der Waals surface area contributed by atoms with Gasteiger partial charge in [0.2, 0.25) is 5.91 Å². The lowest BCUT2D eigenvalue weighted by Crippen LogP contribution is -2.53. The molecule has 0 aromatic carbocycles. The topological polar surface area (TPSA) is 50.4 Å². The zero-order valence-electron chi connectivity index (χ0n) is 11.5. The minimum Gasteiger partial charge on any atom is -0.378 e. The highest BCUT2D eigenvalue weighted by Gasteiger charge is 2.27. The zero-order chi connectivity index (χ0) is 12.7. The van der Waals surface area contributed by atoms with Crippen LogP contribution in [0.15, 0.2) is 0 Å². The van der Waals surface area contributed by atoms with Gasteiger partial charge in [-0.2, -0.15) is 11.8 Å². The summed E-state index contributed by atoms with van der Waals surface area (Å²) in [7, 11) is 0. The van der Waals surface area contributed by atoms with Gasteiger partial charge in [-0.15, -0.1) is 12.4 Å². The lowest BCUT2D eigenvalue weighted by atomic mass is 10.0. The predicted molar refractivity (Wildman–Crippen MR) is 79.7 cm³/mol. The summed E-state index contributed by atoms with van der Waals surface area (Å²) in [6.45, 7) is 7.02. The molecule has 1 saturated heterocycles. The molecule has 1 amide bonds. The molecular weight excluding hydrogens is 272 g/mol. The largest absolute Gasteiger partial charge is 0.378 e. The molecule has 1 fully saturated rings. The van der Waals surface area contributed by atoms with Gasteiger partial charge in [-0.3, -0.25) is 4.79 Å². The summed E-state index contributed by atoms with van der Waals surface area (Å²) < 4.78 is 5.46. The molecule has 1 atom stereocenters. The molecule has 1 aliphatic rings. The maximum Gasteiger partial charge on any atom is 0.239 e. The van der Waals surface area contributed by atoms with Crippen LogP contribution in [0.5, 0.6) is 0 Å². The molecule has 108 valence electrons. The van der Waals surface area contributed by atoms with E-state index in [-0.39, 0.29) is 29.1 Å². The first kappa shape index (κ1) is 18.0. The van der Waals surface area contributed by atoms with E-state index in [2.05, 4.69) is 30.7 Å². The van der Waals surface area contributed by atoms with Gasteiger partial charge in [0.15, 0.2) is 0 Å². The Labute approximate surface area is 120 Å². The van der Waals surface area contributed by atoms with Crippen molar-refractivity contribution in [2.24, 2.45) is 0 Å². The van der Waals surface area contributed by atoms with Crippen LogP contribution in [0.3, 0.4) is 0 Å². The van der Waals surface area contributed by atoms with Crippen LogP contribution in [-0.4, -0.2) is 49.3 Å². The Morgan fingerprint density at radius 1 is 1.50 bits per heavy atom. The van der Waals surface area contributed by atoms with Crippen LogP contribution < -0.4 is 10.6 Å². The Kier molecular flexibility index (Phi) is 9.03. The molecule has 0 saturated carbocycles. The molecule has 0 aromatic heterocycles. The maximum absolute atomic E-state index is 11.9. The Hall–Kier alpha value is 0.0300. The third kappa shape index (κ3) is 4.96. The fourth-order valence-corrected chi connectivity index (χ4v) is 2.76. The number of halogens is 1. The lowest BCUT2D eigenvalue weighted by molar-refractivity contribution is -0.126. The molecule has 6 heteroatoms. The van der Waals surface area contributed by atoms with Crippen molar-refractivity contribution in [2.75, 3.05) is 32.6 Å². The SMILES string of the molecule is CCC(CC)(CNC(=O)C1COCCN1)SC.Cl. The van der Waals surface area contributed by atoms with Gasteiger partial charge < -0.3 is 15.4 Å². The lowest BCUT2D eigenvalue weighted by Gasteiger charge is -2.31. The molecule has 1 aliphatic heterocycles. The van der Waals surface area contributed by atoms with Gasteiger partial charge in [0.25, 0.3) is 0 Å². The number of amides is 1. The van der Waals surface area contributed by atoms with Crippen LogP contribution >= 0.6 is 24.2 Å². The van der Waals surface area contributed by atoms with Crippen LogP contribution in [0.4, 0.5) is 0 Å². The molecule has 1 rings (SSSR count). The van der Waals surface area contributed by atoms with Crippen molar-refractivity contribution >= 4 is 30.1 Å². The van der Waals surface area contributed by atoms with Gasteiger partial charge >= 0.3 is 0 Å². The van der Waals surface area contributed by atoms with Crippen molar-refractivity contribution in [1.82, 2.24) is 10.6 Å². The monoisotopic (exact) mass is 296 g/mol. The summed E-state index contributed by atoms with van der Waals surface area (Å²) in [6, 6.07) is -0.183. The van der Waals surface area contributed by atoms with E-state index >= 15 is 0 Å². The smallest absolute Gasteiger partial charge is 0.239 e. The number of ether oxygens (including phenoxy) is 1. The number of hydrogen-bond acceptors (Lipinski definition) is 4. The number of nitrogens with one attached hydrogen (secondary N) is 2. The third-order valence-corrected chi connectivity index (χ3v) is 5.13. The normalized spacial score (nSPS) is 20.1. The fraction of sp³-hybridized carbons (Fsp3) is 0.917. The van der Waals surface area contributed by atoms with Gasteiger partial charge in [0, 0.05) is 17.8 Å². The molecule has 2 N–H and O–H groups in total. The van der Waals surface area contributed by atoms with Gasteiger partial charge in [-0.1, -0.05) is 13.8 Å². The molecule has 1 unspecified atom stereocenters. The van der Waals surface area contributed by atoms with E-state index in [0.29, 0.717) is 13.2 Å². The summed E-state index contributed by atoms with van der Waals surface area (Å²) >= 11 is 1.84. The summed E-state index contributed by atoms with van der Waals surface area (Å²) in [5, 5.41) is 6.21. The fourth-order valence-electron chi connectivity index (χ4n) is 1.97. The Morgan fingerprint density at radius 3 is 2.61 bits per heavy atom. The van der Waals surface area contributed by atoms with E-state index < -0.39 is 0 Å². The quantitative estimate of drug-likeness (QED) is 0.779. The molecule has 0 aromatic rings. The molecule has 4 nitrogen and oxygen atoms in total. The molecular formula is C12H25ClN2O2S. The van der Waals surface area contributed by atoms with E-state index in [4.69, 9.17) is 4.74 Å². The summed E-state index contributed by atoms with van der Waals surface area (Å²) in [5.74, 6) is 0.0602. The number of carbonyl (C=O) groups excluding carboxylic acids is 1. The third-order valence-electron chi connectivity index (χ3n) is 3.54. The summed E-state index contributed by atoms with van der Waals surface area (Å²) in [6.07, 6.45) is 4.25. The second-order valence-electron chi connectivity index (χ2n) is 4.39. The van der Waals surface area contributed by atoms with Crippen molar-refractivity contribution < 1.29 is 9.53 Å². The van der Waals surface area contributed by atoms with Gasteiger partial charge in [-0.25, -0.2) is 0 Å². The minimum atomic E-state index is -0.183. The summed E-state index contributed by atoms with van der Waals surface area (Å²) in [4.78, 5) is 11.9. The van der Waals surface area contributed by atoms with Gasteiger partial charge in [0.05, 0.1) is 13.2 Å². The van der Waals surface area contributed by atoms with Crippen molar-refractivity contribution in [1.29, 1.82) is 0 Å². The van der Waals surface area contributed by atoms with Gasteiger partial charge in [-0.05, 0) is 19.1 Å². The standard InChI is InChI=1S/C12H24N2O2S.ClH/c1-4-12(5-2,17-3)9-14-11(15)10-8-16-7-6-13-10;/h10,13H,4-9H2,1-3H3,(H,14,15);1H. The van der Waals surface area contributed by atoms with Crippen molar-refractivity contribution in [3.63, 3.8) is 0 Å². The van der Waals surface area contributed by atoms with E-state index in [9.17, 15) is 4.79 Å². The molecule has 0 spiro atoms. The molecule has 0 aliphatic carbocycles. The highest BCUT2D eigenvalue weighted by atomic mass is 35.5. The average Bonchev–Trinajstić information content (AvgIpc) is 2.41. The van der Waals surface area contributed by atoms with E-state index in [1.807, 2.05) is 11.8 Å². The Balaban J connectivity index is 0.00000289. The van der Waals surface area contributed by atoms with Crippen LogP contribution in [0.1, 0.15) is 26.7 Å². The molecule has 1 heterocycles. The number of rotatable bonds is 6. The first-order valence-electron chi connectivity index (χ1n) is 6.31. The number of carbonyl (C=O) groups is 1. The van der Waals surface area contributed by atoms with Crippen LogP contribution in [0, 0.1) is 0 Å². The first-order chi connectivity index (χ1) is 8.17. The number of morpholine rings is 1. The summed E-state index contributed by atoms with van der Waals surface area (Å²) in [5.41, 5.74) is 0. The van der Waals surface area contributed by atoms with Crippen LogP contribution in [0.25, 0.3) is 0 Å². The Morgan fingerprint density at radius 2 is 2.17 bits per heavy atom. The first-order valence-corrected chi connectivity index (χ1v) is 7.54. The molecule has 0 bridgehead atoms. The van der Waals surface area contributed by atoms with Crippen molar-refractivity contribution in [2.45, 2.75) is 37.5 Å². The second-order valence-corrected chi connectivity index (χ2v) is 5.67. The number of hydrogen-bond donors (Lipinski definition) is 2. The highest BCUT2D eigenvalue weighted by Crippen LogP contribution is 2.29. The van der Waals surface area contributed by atoms with E-state index in [1.165, 1.54) is 0 Å². The van der Waals surface area contributed by atoms with Crippen molar-refractivity contribution in [3.05, 3.63) is 0 Å².